The third-order valence-corrected chi connectivity index (χ3v) is 8.09. The van der Waals surface area contributed by atoms with E-state index in [4.69, 9.17) is 0 Å². The van der Waals surface area contributed by atoms with Crippen LogP contribution in [0.2, 0.25) is 0 Å². The Labute approximate surface area is 187 Å². The lowest BCUT2D eigenvalue weighted by Gasteiger charge is -2.46. The number of aliphatic hydroxyl groups is 2. The second-order valence-corrected chi connectivity index (χ2v) is 11.5. The van der Waals surface area contributed by atoms with Crippen molar-refractivity contribution >= 4 is 11.8 Å². The highest BCUT2D eigenvalue weighted by atomic mass is 16.3. The first-order valence-electron chi connectivity index (χ1n) is 12.6. The van der Waals surface area contributed by atoms with E-state index in [1.807, 2.05) is 0 Å². The van der Waals surface area contributed by atoms with Crippen molar-refractivity contribution in [2.75, 3.05) is 0 Å². The lowest BCUT2D eigenvalue weighted by atomic mass is 9.71. The lowest BCUT2D eigenvalue weighted by molar-refractivity contribution is -0.150. The SMILES string of the molecule is CC(C)C[C@@H](NC(=O)C1(C(=O)N[C@H](CC(C)C)C2(O)CCC2)CCCC1)C1(O)CCC1. The van der Waals surface area contributed by atoms with Crippen LogP contribution in [0, 0.1) is 17.3 Å². The highest BCUT2D eigenvalue weighted by Crippen LogP contribution is 2.43. The van der Waals surface area contributed by atoms with Crippen LogP contribution >= 0.6 is 0 Å². The van der Waals surface area contributed by atoms with Gasteiger partial charge in [0.05, 0.1) is 23.3 Å². The van der Waals surface area contributed by atoms with Gasteiger partial charge in [0, 0.05) is 0 Å². The molecule has 0 saturated heterocycles. The number of hydrogen-bond donors (Lipinski definition) is 4. The molecule has 3 saturated carbocycles. The summed E-state index contributed by atoms with van der Waals surface area (Å²) in [6.45, 7) is 8.37. The number of amides is 2. The summed E-state index contributed by atoms with van der Waals surface area (Å²) in [4.78, 5) is 27.2. The fourth-order valence-corrected chi connectivity index (χ4v) is 5.67. The summed E-state index contributed by atoms with van der Waals surface area (Å²) >= 11 is 0. The minimum Gasteiger partial charge on any atom is -0.388 e. The molecule has 3 aliphatic rings. The van der Waals surface area contributed by atoms with Crippen LogP contribution < -0.4 is 10.6 Å². The maximum Gasteiger partial charge on any atom is 0.236 e. The molecule has 178 valence electrons. The average Bonchev–Trinajstić information content (AvgIpc) is 3.13. The van der Waals surface area contributed by atoms with Crippen LogP contribution in [0.4, 0.5) is 0 Å². The smallest absolute Gasteiger partial charge is 0.236 e. The van der Waals surface area contributed by atoms with E-state index in [2.05, 4.69) is 38.3 Å². The van der Waals surface area contributed by atoms with Gasteiger partial charge in [0.15, 0.2) is 0 Å². The summed E-state index contributed by atoms with van der Waals surface area (Å²) in [6.07, 6.45) is 8.92. The molecule has 3 aliphatic carbocycles. The number of carbonyl (C=O) groups excluding carboxylic acids is 2. The highest BCUT2D eigenvalue weighted by molar-refractivity contribution is 6.05. The lowest BCUT2D eigenvalue weighted by Crippen LogP contribution is -2.63. The monoisotopic (exact) mass is 436 g/mol. The van der Waals surface area contributed by atoms with E-state index in [0.717, 1.165) is 25.7 Å². The largest absolute Gasteiger partial charge is 0.388 e. The van der Waals surface area contributed by atoms with E-state index in [-0.39, 0.29) is 23.9 Å². The van der Waals surface area contributed by atoms with Gasteiger partial charge in [0.1, 0.15) is 5.41 Å². The summed E-state index contributed by atoms with van der Waals surface area (Å²) in [5.41, 5.74) is -2.79. The van der Waals surface area contributed by atoms with Crippen molar-refractivity contribution in [3.8, 4) is 0 Å². The van der Waals surface area contributed by atoms with Crippen molar-refractivity contribution in [1.82, 2.24) is 10.6 Å². The van der Waals surface area contributed by atoms with Gasteiger partial charge in [-0.1, -0.05) is 40.5 Å². The quantitative estimate of drug-likeness (QED) is 0.394. The molecule has 0 aromatic heterocycles. The second kappa shape index (κ2) is 9.38. The number of carbonyl (C=O) groups is 2. The molecule has 0 heterocycles. The Morgan fingerprint density at radius 1 is 0.677 bits per heavy atom. The van der Waals surface area contributed by atoms with Gasteiger partial charge in [0.25, 0.3) is 0 Å². The van der Waals surface area contributed by atoms with Crippen LogP contribution in [0.1, 0.15) is 105 Å². The van der Waals surface area contributed by atoms with Crippen molar-refractivity contribution in [2.24, 2.45) is 17.3 Å². The molecule has 6 heteroatoms. The molecule has 3 fully saturated rings. The topological polar surface area (TPSA) is 98.7 Å². The molecule has 0 bridgehead atoms. The fourth-order valence-electron chi connectivity index (χ4n) is 5.67. The molecule has 3 rings (SSSR count). The summed E-state index contributed by atoms with van der Waals surface area (Å²) < 4.78 is 0. The zero-order chi connectivity index (χ0) is 22.9. The van der Waals surface area contributed by atoms with Gasteiger partial charge >= 0.3 is 0 Å². The van der Waals surface area contributed by atoms with Crippen molar-refractivity contribution in [3.05, 3.63) is 0 Å². The van der Waals surface area contributed by atoms with Gasteiger partial charge in [-0.3, -0.25) is 9.59 Å². The fraction of sp³-hybridized carbons (Fsp3) is 0.920. The molecule has 6 nitrogen and oxygen atoms in total. The van der Waals surface area contributed by atoms with Gasteiger partial charge in [-0.15, -0.1) is 0 Å². The predicted octanol–water partition coefficient (Wildman–Crippen LogP) is 3.44. The Morgan fingerprint density at radius 2 is 1.03 bits per heavy atom. The number of nitrogens with one attached hydrogen (secondary N) is 2. The molecule has 0 aliphatic heterocycles. The van der Waals surface area contributed by atoms with E-state index in [1.54, 1.807) is 0 Å². The Kier molecular flexibility index (Phi) is 7.42. The Bertz CT molecular complexity index is 596. The van der Waals surface area contributed by atoms with Gasteiger partial charge in [-0.25, -0.2) is 0 Å². The van der Waals surface area contributed by atoms with Crippen molar-refractivity contribution in [1.29, 1.82) is 0 Å². The van der Waals surface area contributed by atoms with Crippen LogP contribution in [0.15, 0.2) is 0 Å². The van der Waals surface area contributed by atoms with E-state index in [9.17, 15) is 19.8 Å². The molecular weight excluding hydrogens is 392 g/mol. The minimum absolute atomic E-state index is 0.239. The molecular formula is C25H44N2O4. The van der Waals surface area contributed by atoms with E-state index in [1.165, 1.54) is 0 Å². The Morgan fingerprint density at radius 3 is 1.29 bits per heavy atom. The molecule has 0 aromatic carbocycles. The predicted molar refractivity (Wildman–Crippen MR) is 121 cm³/mol. The Balaban J connectivity index is 1.76. The molecule has 2 amide bonds. The number of rotatable bonds is 10. The maximum atomic E-state index is 13.6. The normalized spacial score (nSPS) is 25.4. The summed E-state index contributed by atoms with van der Waals surface area (Å²) in [5.74, 6) is 0.202. The van der Waals surface area contributed by atoms with Gasteiger partial charge in [-0.2, -0.15) is 0 Å². The number of hydrogen-bond acceptors (Lipinski definition) is 4. The first-order chi connectivity index (χ1) is 14.5. The van der Waals surface area contributed by atoms with Crippen LogP contribution in [0.5, 0.6) is 0 Å². The minimum atomic E-state index is -1.09. The molecule has 0 radical (unpaired) electrons. The highest BCUT2D eigenvalue weighted by Gasteiger charge is 2.53. The third-order valence-electron chi connectivity index (χ3n) is 8.09. The van der Waals surface area contributed by atoms with Gasteiger partial charge in [-0.05, 0) is 76.0 Å². The van der Waals surface area contributed by atoms with E-state index < -0.39 is 16.6 Å². The summed E-state index contributed by atoms with van der Waals surface area (Å²) in [5, 5.41) is 28.2. The maximum absolute atomic E-state index is 13.6. The van der Waals surface area contributed by atoms with Crippen LogP contribution in [0.3, 0.4) is 0 Å². The average molecular weight is 437 g/mol. The van der Waals surface area contributed by atoms with Crippen LogP contribution in [0.25, 0.3) is 0 Å². The molecule has 0 unspecified atom stereocenters. The summed E-state index contributed by atoms with van der Waals surface area (Å²) in [7, 11) is 0. The molecule has 2 atom stereocenters. The van der Waals surface area contributed by atoms with Crippen LogP contribution in [-0.4, -0.2) is 45.3 Å². The van der Waals surface area contributed by atoms with E-state index in [0.29, 0.717) is 63.2 Å². The first-order valence-corrected chi connectivity index (χ1v) is 12.6. The van der Waals surface area contributed by atoms with Crippen molar-refractivity contribution in [2.45, 2.75) is 128 Å². The van der Waals surface area contributed by atoms with Gasteiger partial charge in [0.2, 0.25) is 11.8 Å². The zero-order valence-corrected chi connectivity index (χ0v) is 20.0. The van der Waals surface area contributed by atoms with Crippen molar-refractivity contribution < 1.29 is 19.8 Å². The Hall–Kier alpha value is -1.14. The standard InChI is InChI=1S/C25H44N2O4/c1-17(2)15-19(24(30)11-7-12-24)26-21(28)23(9-5-6-10-23)22(29)27-20(16-18(3)4)25(31)13-8-14-25/h17-20,30-31H,5-16H2,1-4H3,(H,26,28)(H,27,29)/t19-,20-/m1/s1. The molecule has 0 aromatic rings. The third kappa shape index (κ3) is 5.11. The van der Waals surface area contributed by atoms with Crippen molar-refractivity contribution in [3.63, 3.8) is 0 Å². The molecule has 4 N–H and O–H groups in total. The summed E-state index contributed by atoms with van der Waals surface area (Å²) in [6, 6.07) is -0.636. The van der Waals surface area contributed by atoms with E-state index >= 15 is 0 Å². The first kappa shape index (κ1) is 24.5. The second-order valence-electron chi connectivity index (χ2n) is 11.5. The van der Waals surface area contributed by atoms with Gasteiger partial charge < -0.3 is 20.8 Å². The zero-order valence-electron chi connectivity index (χ0n) is 20.0. The molecule has 31 heavy (non-hydrogen) atoms. The molecule has 0 spiro atoms. The van der Waals surface area contributed by atoms with Crippen LogP contribution in [-0.2, 0) is 9.59 Å².